The molecule has 2 nitrogen and oxygen atoms in total. The largest absolute Gasteiger partial charge is 0.376 e. The van der Waals surface area contributed by atoms with Gasteiger partial charge < -0.3 is 10.1 Å². The summed E-state index contributed by atoms with van der Waals surface area (Å²) >= 11 is 0. The number of hydrogen-bond donors (Lipinski definition) is 1. The smallest absolute Gasteiger partial charge is 0.0598 e. The maximum absolute atomic E-state index is 5.95. The van der Waals surface area contributed by atoms with Gasteiger partial charge in [0.2, 0.25) is 0 Å². The van der Waals surface area contributed by atoms with Crippen molar-refractivity contribution in [2.75, 3.05) is 13.2 Å². The Morgan fingerprint density at radius 1 is 1.11 bits per heavy atom. The first-order chi connectivity index (χ1) is 8.49. The molecule has 2 saturated carbocycles. The standard InChI is InChI=1S/C16H31NO/c1-15(2,3)18-12-11-16(9-5-4-6-10-16)13-17-14-7-8-14/h14,17H,4-13H2,1-3H3. The van der Waals surface area contributed by atoms with E-state index in [1.807, 2.05) is 0 Å². The second-order valence-corrected chi connectivity index (χ2v) is 7.43. The Hall–Kier alpha value is -0.0800. The van der Waals surface area contributed by atoms with Gasteiger partial charge >= 0.3 is 0 Å². The van der Waals surface area contributed by atoms with Gasteiger partial charge in [0.25, 0.3) is 0 Å². The van der Waals surface area contributed by atoms with Crippen LogP contribution in [0.4, 0.5) is 0 Å². The van der Waals surface area contributed by atoms with E-state index in [9.17, 15) is 0 Å². The van der Waals surface area contributed by atoms with Crippen LogP contribution in [0, 0.1) is 5.41 Å². The molecule has 2 rings (SSSR count). The number of nitrogens with one attached hydrogen (secondary N) is 1. The highest BCUT2D eigenvalue weighted by atomic mass is 16.5. The van der Waals surface area contributed by atoms with E-state index in [4.69, 9.17) is 4.74 Å². The Balaban J connectivity index is 1.78. The third-order valence-electron chi connectivity index (χ3n) is 4.42. The van der Waals surface area contributed by atoms with Crippen molar-refractivity contribution in [1.29, 1.82) is 0 Å². The lowest BCUT2D eigenvalue weighted by Crippen LogP contribution is -2.38. The van der Waals surface area contributed by atoms with Crippen LogP contribution < -0.4 is 5.32 Å². The van der Waals surface area contributed by atoms with E-state index in [0.717, 1.165) is 12.6 Å². The Bertz CT molecular complexity index is 246. The fourth-order valence-electron chi connectivity index (χ4n) is 3.04. The minimum Gasteiger partial charge on any atom is -0.376 e. The molecule has 0 atom stereocenters. The maximum Gasteiger partial charge on any atom is 0.0598 e. The van der Waals surface area contributed by atoms with Crippen molar-refractivity contribution in [3.8, 4) is 0 Å². The van der Waals surface area contributed by atoms with E-state index < -0.39 is 0 Å². The molecule has 18 heavy (non-hydrogen) atoms. The minimum atomic E-state index is 0.0137. The summed E-state index contributed by atoms with van der Waals surface area (Å²) in [6.07, 6.45) is 11.1. The van der Waals surface area contributed by atoms with Crippen molar-refractivity contribution in [2.24, 2.45) is 5.41 Å². The Morgan fingerprint density at radius 3 is 2.33 bits per heavy atom. The van der Waals surface area contributed by atoms with E-state index in [-0.39, 0.29) is 5.60 Å². The Kier molecular flexibility index (Phi) is 4.71. The van der Waals surface area contributed by atoms with Crippen LogP contribution in [0.3, 0.4) is 0 Å². The fraction of sp³-hybridized carbons (Fsp3) is 1.00. The lowest BCUT2D eigenvalue weighted by Gasteiger charge is -2.38. The zero-order valence-electron chi connectivity index (χ0n) is 12.6. The molecule has 0 aromatic carbocycles. The highest BCUT2D eigenvalue weighted by molar-refractivity contribution is 4.89. The zero-order valence-corrected chi connectivity index (χ0v) is 12.6. The molecule has 2 fully saturated rings. The first-order valence-electron chi connectivity index (χ1n) is 7.87. The van der Waals surface area contributed by atoms with Crippen molar-refractivity contribution in [3.63, 3.8) is 0 Å². The van der Waals surface area contributed by atoms with Crippen LogP contribution >= 0.6 is 0 Å². The van der Waals surface area contributed by atoms with Crippen LogP contribution in [0.1, 0.15) is 72.1 Å². The minimum absolute atomic E-state index is 0.0137. The molecular formula is C16H31NO. The van der Waals surface area contributed by atoms with E-state index in [1.165, 1.54) is 57.9 Å². The van der Waals surface area contributed by atoms with E-state index >= 15 is 0 Å². The SMILES string of the molecule is CC(C)(C)OCCC1(CNC2CC2)CCCCC1. The molecule has 2 aliphatic rings. The fourth-order valence-corrected chi connectivity index (χ4v) is 3.04. The highest BCUT2D eigenvalue weighted by Crippen LogP contribution is 2.39. The van der Waals surface area contributed by atoms with E-state index in [1.54, 1.807) is 0 Å². The lowest BCUT2D eigenvalue weighted by molar-refractivity contribution is -0.0237. The molecule has 0 spiro atoms. The predicted molar refractivity (Wildman–Crippen MR) is 76.9 cm³/mol. The van der Waals surface area contributed by atoms with E-state index in [2.05, 4.69) is 26.1 Å². The van der Waals surface area contributed by atoms with Gasteiger partial charge in [-0.3, -0.25) is 0 Å². The lowest BCUT2D eigenvalue weighted by atomic mass is 9.72. The summed E-state index contributed by atoms with van der Waals surface area (Å²) in [5, 5.41) is 3.76. The van der Waals surface area contributed by atoms with Gasteiger partial charge in [-0.1, -0.05) is 19.3 Å². The maximum atomic E-state index is 5.95. The normalized spacial score (nSPS) is 24.2. The summed E-state index contributed by atoms with van der Waals surface area (Å²) in [5.74, 6) is 0. The molecule has 106 valence electrons. The van der Waals surface area contributed by atoms with Crippen LogP contribution in [0.5, 0.6) is 0 Å². The second-order valence-electron chi connectivity index (χ2n) is 7.43. The van der Waals surface area contributed by atoms with Gasteiger partial charge in [0.1, 0.15) is 0 Å². The summed E-state index contributed by atoms with van der Waals surface area (Å²) in [5.41, 5.74) is 0.547. The topological polar surface area (TPSA) is 21.3 Å². The molecule has 0 aromatic rings. The molecule has 2 aliphatic carbocycles. The highest BCUT2D eigenvalue weighted by Gasteiger charge is 2.34. The number of rotatable bonds is 6. The van der Waals surface area contributed by atoms with Crippen LogP contribution in [0.2, 0.25) is 0 Å². The summed E-state index contributed by atoms with van der Waals surface area (Å²) in [7, 11) is 0. The van der Waals surface area contributed by atoms with Gasteiger partial charge in [-0.25, -0.2) is 0 Å². The van der Waals surface area contributed by atoms with Gasteiger partial charge in [0.05, 0.1) is 5.60 Å². The first-order valence-corrected chi connectivity index (χ1v) is 7.87. The van der Waals surface area contributed by atoms with Crippen LogP contribution in [0.15, 0.2) is 0 Å². The monoisotopic (exact) mass is 253 g/mol. The van der Waals surface area contributed by atoms with E-state index in [0.29, 0.717) is 5.41 Å². The van der Waals surface area contributed by atoms with Crippen molar-refractivity contribution in [1.82, 2.24) is 5.32 Å². The van der Waals surface area contributed by atoms with Crippen molar-refractivity contribution >= 4 is 0 Å². The average Bonchev–Trinajstić information content (AvgIpc) is 3.10. The second kappa shape index (κ2) is 5.92. The van der Waals surface area contributed by atoms with Crippen LogP contribution in [-0.4, -0.2) is 24.8 Å². The molecule has 0 aromatic heterocycles. The zero-order chi connectivity index (χ0) is 13.1. The molecule has 0 bridgehead atoms. The molecule has 0 amide bonds. The van der Waals surface area contributed by atoms with Crippen LogP contribution in [-0.2, 0) is 4.74 Å². The molecule has 0 radical (unpaired) electrons. The first kappa shape index (κ1) is 14.3. The molecule has 1 N–H and O–H groups in total. The Labute approximate surface area is 113 Å². The van der Waals surface area contributed by atoms with Crippen molar-refractivity contribution in [3.05, 3.63) is 0 Å². The average molecular weight is 253 g/mol. The third kappa shape index (κ3) is 4.89. The summed E-state index contributed by atoms with van der Waals surface area (Å²) in [4.78, 5) is 0. The van der Waals surface area contributed by atoms with Crippen molar-refractivity contribution < 1.29 is 4.74 Å². The summed E-state index contributed by atoms with van der Waals surface area (Å²) in [6, 6.07) is 0.840. The van der Waals surface area contributed by atoms with Gasteiger partial charge in [-0.2, -0.15) is 0 Å². The molecule has 0 saturated heterocycles. The number of ether oxygens (including phenoxy) is 1. The third-order valence-corrected chi connectivity index (χ3v) is 4.42. The van der Waals surface area contributed by atoms with Gasteiger partial charge in [-0.05, 0) is 58.3 Å². The molecule has 2 heteroatoms. The number of hydrogen-bond acceptors (Lipinski definition) is 2. The molecule has 0 heterocycles. The van der Waals surface area contributed by atoms with Crippen LogP contribution in [0.25, 0.3) is 0 Å². The summed E-state index contributed by atoms with van der Waals surface area (Å²) in [6.45, 7) is 8.62. The molecular weight excluding hydrogens is 222 g/mol. The Morgan fingerprint density at radius 2 is 1.78 bits per heavy atom. The van der Waals surface area contributed by atoms with Gasteiger partial charge in [0.15, 0.2) is 0 Å². The van der Waals surface area contributed by atoms with Gasteiger partial charge in [-0.15, -0.1) is 0 Å². The van der Waals surface area contributed by atoms with Crippen molar-refractivity contribution in [2.45, 2.75) is 83.8 Å². The predicted octanol–water partition coefficient (Wildman–Crippen LogP) is 3.89. The summed E-state index contributed by atoms with van der Waals surface area (Å²) < 4.78 is 5.95. The molecule has 0 unspecified atom stereocenters. The molecule has 0 aliphatic heterocycles. The van der Waals surface area contributed by atoms with Gasteiger partial charge in [0, 0.05) is 19.2 Å². The quantitative estimate of drug-likeness (QED) is 0.775.